The van der Waals surface area contributed by atoms with Crippen LogP contribution in [-0.4, -0.2) is 49.4 Å². The first-order valence-corrected chi connectivity index (χ1v) is 5.99. The highest BCUT2D eigenvalue weighted by Gasteiger charge is 2.16. The summed E-state index contributed by atoms with van der Waals surface area (Å²) in [6, 6.07) is 0. The van der Waals surface area contributed by atoms with Crippen molar-refractivity contribution < 1.29 is 4.79 Å². The molecule has 0 aromatic carbocycles. The number of carbonyl (C=O) groups excluding carboxylic acids is 1. The van der Waals surface area contributed by atoms with Crippen LogP contribution in [0.3, 0.4) is 0 Å². The number of aromatic nitrogens is 1. The van der Waals surface area contributed by atoms with Crippen molar-refractivity contribution in [1.82, 2.24) is 9.88 Å². The minimum Gasteiger partial charge on any atom is -0.346 e. The van der Waals surface area contributed by atoms with Crippen molar-refractivity contribution in [2.45, 2.75) is 6.42 Å². The second kappa shape index (κ2) is 4.72. The third-order valence-electron chi connectivity index (χ3n) is 2.61. The molecule has 0 radical (unpaired) electrons. The number of aldehydes is 1. The van der Waals surface area contributed by atoms with Gasteiger partial charge in [0.25, 0.3) is 0 Å². The number of anilines is 1. The monoisotopic (exact) mass is 225 g/mol. The van der Waals surface area contributed by atoms with Gasteiger partial charge in [0.15, 0.2) is 5.13 Å². The van der Waals surface area contributed by atoms with Crippen LogP contribution in [0, 0.1) is 0 Å². The molecular weight excluding hydrogens is 210 g/mol. The molecule has 0 atom stereocenters. The molecule has 0 saturated carbocycles. The van der Waals surface area contributed by atoms with Gasteiger partial charge in [0.2, 0.25) is 0 Å². The molecule has 4 nitrogen and oxygen atoms in total. The minimum atomic E-state index is 0.435. The van der Waals surface area contributed by atoms with Gasteiger partial charge in [-0.3, -0.25) is 0 Å². The van der Waals surface area contributed by atoms with E-state index in [2.05, 4.69) is 21.8 Å². The van der Waals surface area contributed by atoms with Crippen molar-refractivity contribution in [1.29, 1.82) is 0 Å². The van der Waals surface area contributed by atoms with E-state index in [-0.39, 0.29) is 0 Å². The molecule has 0 aliphatic carbocycles. The Bertz CT molecular complexity index is 331. The molecule has 1 fully saturated rings. The lowest BCUT2D eigenvalue weighted by Gasteiger charge is -2.32. The normalized spacial score (nSPS) is 18.1. The van der Waals surface area contributed by atoms with Crippen molar-refractivity contribution in [3.8, 4) is 0 Å². The molecule has 0 N–H and O–H groups in total. The highest BCUT2D eigenvalue weighted by molar-refractivity contribution is 7.13. The van der Waals surface area contributed by atoms with E-state index in [9.17, 15) is 4.79 Å². The van der Waals surface area contributed by atoms with E-state index in [4.69, 9.17) is 0 Å². The molecule has 1 aliphatic heterocycles. The lowest BCUT2D eigenvalue weighted by molar-refractivity contribution is -0.107. The van der Waals surface area contributed by atoms with Crippen LogP contribution in [0.2, 0.25) is 0 Å². The SMILES string of the molecule is CN1CCN(c2nc(CC=O)cs2)CC1. The van der Waals surface area contributed by atoms with Gasteiger partial charge in [-0.05, 0) is 7.05 Å². The number of thiazole rings is 1. The van der Waals surface area contributed by atoms with Crippen molar-refractivity contribution >= 4 is 22.8 Å². The highest BCUT2D eigenvalue weighted by Crippen LogP contribution is 2.21. The fourth-order valence-corrected chi connectivity index (χ4v) is 2.51. The Morgan fingerprint density at radius 3 is 2.87 bits per heavy atom. The zero-order chi connectivity index (χ0) is 10.7. The molecule has 0 bridgehead atoms. The maximum absolute atomic E-state index is 10.3. The lowest BCUT2D eigenvalue weighted by atomic mass is 10.3. The van der Waals surface area contributed by atoms with Crippen LogP contribution in [0.5, 0.6) is 0 Å². The molecule has 15 heavy (non-hydrogen) atoms. The summed E-state index contributed by atoms with van der Waals surface area (Å²) in [4.78, 5) is 19.4. The summed E-state index contributed by atoms with van der Waals surface area (Å²) in [5.74, 6) is 0. The van der Waals surface area contributed by atoms with Gasteiger partial charge in [0.1, 0.15) is 6.29 Å². The molecule has 0 spiro atoms. The van der Waals surface area contributed by atoms with E-state index in [0.717, 1.165) is 43.3 Å². The van der Waals surface area contributed by atoms with Gasteiger partial charge >= 0.3 is 0 Å². The smallest absolute Gasteiger partial charge is 0.185 e. The first kappa shape index (κ1) is 10.6. The third kappa shape index (κ3) is 2.54. The molecule has 0 unspecified atom stereocenters. The quantitative estimate of drug-likeness (QED) is 0.707. The summed E-state index contributed by atoms with van der Waals surface area (Å²) < 4.78 is 0. The molecule has 1 aromatic rings. The highest BCUT2D eigenvalue weighted by atomic mass is 32.1. The molecule has 0 amide bonds. The largest absolute Gasteiger partial charge is 0.346 e. The number of nitrogens with zero attached hydrogens (tertiary/aromatic N) is 3. The third-order valence-corrected chi connectivity index (χ3v) is 3.56. The van der Waals surface area contributed by atoms with Gasteiger partial charge in [-0.25, -0.2) is 4.98 Å². The van der Waals surface area contributed by atoms with Crippen LogP contribution >= 0.6 is 11.3 Å². The Morgan fingerprint density at radius 2 is 2.20 bits per heavy atom. The standard InChI is InChI=1S/C10H15N3OS/c1-12-3-5-13(6-4-12)10-11-9(2-7-14)8-15-10/h7-8H,2-6H2,1H3. The Morgan fingerprint density at radius 1 is 1.47 bits per heavy atom. The van der Waals surface area contributed by atoms with E-state index in [0.29, 0.717) is 6.42 Å². The van der Waals surface area contributed by atoms with E-state index in [1.54, 1.807) is 11.3 Å². The topological polar surface area (TPSA) is 36.4 Å². The zero-order valence-corrected chi connectivity index (χ0v) is 9.66. The fourth-order valence-electron chi connectivity index (χ4n) is 1.62. The molecule has 1 aromatic heterocycles. The van der Waals surface area contributed by atoms with Crippen molar-refractivity contribution in [2.75, 3.05) is 38.1 Å². The Hall–Kier alpha value is -0.940. The summed E-state index contributed by atoms with van der Waals surface area (Å²) in [5.41, 5.74) is 0.893. The predicted octanol–water partition coefficient (Wildman–Crippen LogP) is 0.636. The summed E-state index contributed by atoms with van der Waals surface area (Å²) in [6.45, 7) is 4.24. The maximum atomic E-state index is 10.3. The van der Waals surface area contributed by atoms with Crippen molar-refractivity contribution in [2.24, 2.45) is 0 Å². The number of piperazine rings is 1. The molecule has 1 saturated heterocycles. The second-order valence-electron chi connectivity index (χ2n) is 3.78. The number of hydrogen-bond donors (Lipinski definition) is 0. The van der Waals surface area contributed by atoms with E-state index < -0.39 is 0 Å². The lowest BCUT2D eigenvalue weighted by Crippen LogP contribution is -2.44. The first-order chi connectivity index (χ1) is 7.29. The number of rotatable bonds is 3. The summed E-state index contributed by atoms with van der Waals surface area (Å²) in [7, 11) is 2.14. The Labute approximate surface area is 93.5 Å². The molecule has 1 aliphatic rings. The van der Waals surface area contributed by atoms with Crippen LogP contribution in [0.4, 0.5) is 5.13 Å². The van der Waals surface area contributed by atoms with Crippen LogP contribution in [0.15, 0.2) is 5.38 Å². The first-order valence-electron chi connectivity index (χ1n) is 5.11. The predicted molar refractivity (Wildman–Crippen MR) is 61.6 cm³/mol. The maximum Gasteiger partial charge on any atom is 0.185 e. The second-order valence-corrected chi connectivity index (χ2v) is 4.62. The summed E-state index contributed by atoms with van der Waals surface area (Å²) >= 11 is 1.63. The average Bonchev–Trinajstić information content (AvgIpc) is 2.68. The number of hydrogen-bond acceptors (Lipinski definition) is 5. The van der Waals surface area contributed by atoms with Gasteiger partial charge < -0.3 is 14.6 Å². The molecule has 2 rings (SSSR count). The van der Waals surface area contributed by atoms with Gasteiger partial charge in [-0.1, -0.05) is 0 Å². The Balaban J connectivity index is 1.99. The molecular formula is C10H15N3OS. The average molecular weight is 225 g/mol. The van der Waals surface area contributed by atoms with Gasteiger partial charge in [0, 0.05) is 38.0 Å². The van der Waals surface area contributed by atoms with E-state index in [1.807, 2.05) is 5.38 Å². The molecule has 5 heteroatoms. The van der Waals surface area contributed by atoms with E-state index >= 15 is 0 Å². The molecule has 82 valence electrons. The van der Waals surface area contributed by atoms with Gasteiger partial charge in [-0.15, -0.1) is 11.3 Å². The van der Waals surface area contributed by atoms with Crippen LogP contribution in [-0.2, 0) is 11.2 Å². The van der Waals surface area contributed by atoms with Crippen molar-refractivity contribution in [3.05, 3.63) is 11.1 Å². The number of carbonyl (C=O) groups is 1. The summed E-state index contributed by atoms with van der Waals surface area (Å²) in [5, 5.41) is 3.03. The van der Waals surface area contributed by atoms with Crippen molar-refractivity contribution in [3.63, 3.8) is 0 Å². The van der Waals surface area contributed by atoms with Crippen LogP contribution in [0.25, 0.3) is 0 Å². The van der Waals surface area contributed by atoms with Crippen LogP contribution < -0.4 is 4.90 Å². The summed E-state index contributed by atoms with van der Waals surface area (Å²) in [6.07, 6.45) is 1.34. The van der Waals surface area contributed by atoms with Crippen LogP contribution in [0.1, 0.15) is 5.69 Å². The number of likely N-dealkylation sites (N-methyl/N-ethyl adjacent to an activating group) is 1. The minimum absolute atomic E-state index is 0.435. The van der Waals surface area contributed by atoms with E-state index in [1.165, 1.54) is 0 Å². The zero-order valence-electron chi connectivity index (χ0n) is 8.85. The van der Waals surface area contributed by atoms with Gasteiger partial charge in [-0.2, -0.15) is 0 Å². The fraction of sp³-hybridized carbons (Fsp3) is 0.600. The Kier molecular flexibility index (Phi) is 3.33. The van der Waals surface area contributed by atoms with Gasteiger partial charge in [0.05, 0.1) is 5.69 Å². The molecule has 2 heterocycles.